The van der Waals surface area contributed by atoms with Crippen molar-refractivity contribution in [2.24, 2.45) is 0 Å². The quantitative estimate of drug-likeness (QED) is 0.648. The molecule has 0 aliphatic carbocycles. The van der Waals surface area contributed by atoms with Crippen LogP contribution in [0.5, 0.6) is 0 Å². The fraction of sp³-hybridized carbons (Fsp3) is 1.00. The first-order valence-corrected chi connectivity index (χ1v) is 6.46. The van der Waals surface area contributed by atoms with Crippen molar-refractivity contribution in [2.45, 2.75) is 42.0 Å². The van der Waals surface area contributed by atoms with Crippen molar-refractivity contribution in [3.8, 4) is 0 Å². The van der Waals surface area contributed by atoms with Crippen molar-refractivity contribution in [2.75, 3.05) is 0 Å². The first kappa shape index (κ1) is 8.79. The van der Waals surface area contributed by atoms with E-state index in [0.29, 0.717) is 20.9 Å². The molecule has 8 heavy (non-hydrogen) atoms. The van der Waals surface area contributed by atoms with Gasteiger partial charge in [-0.05, 0) is 0 Å². The number of hydrogen-bond acceptors (Lipinski definition) is 0. The average Bonchev–Trinajstić information content (AvgIpc) is 1.83. The molecule has 0 heterocycles. The van der Waals surface area contributed by atoms with Crippen LogP contribution >= 0.6 is 0 Å². The van der Waals surface area contributed by atoms with E-state index in [9.17, 15) is 0 Å². The van der Waals surface area contributed by atoms with E-state index in [1.54, 1.807) is 0 Å². The second-order valence-corrected chi connectivity index (χ2v) is 6.40. The van der Waals surface area contributed by atoms with Gasteiger partial charge in [-0.25, -0.2) is 0 Å². The topological polar surface area (TPSA) is 0 Å². The Hall–Kier alpha value is 0.790. The molecular weight excluding hydrogens is 212 g/mol. The van der Waals surface area contributed by atoms with Crippen molar-refractivity contribution in [3.05, 3.63) is 0 Å². The average molecular weight is 228 g/mol. The van der Waals surface area contributed by atoms with Gasteiger partial charge >= 0.3 is 63.0 Å². The molecule has 0 rings (SSSR count). The van der Waals surface area contributed by atoms with Crippen LogP contribution < -0.4 is 0 Å². The van der Waals surface area contributed by atoms with E-state index in [-0.39, 0.29) is 0 Å². The Bertz CT molecular complexity index is 39.7. The third-order valence-electron chi connectivity index (χ3n) is 1.31. The van der Waals surface area contributed by atoms with Gasteiger partial charge in [0.25, 0.3) is 0 Å². The van der Waals surface area contributed by atoms with E-state index in [1.807, 2.05) is 0 Å². The summed E-state index contributed by atoms with van der Waals surface area (Å²) in [6.45, 7) is 6.95. The molecule has 0 aliphatic heterocycles. The van der Waals surface area contributed by atoms with E-state index >= 15 is 0 Å². The predicted octanol–water partition coefficient (Wildman–Crippen LogP) is 2.74. The van der Waals surface area contributed by atoms with Crippen LogP contribution in [0.15, 0.2) is 0 Å². The van der Waals surface area contributed by atoms with Crippen LogP contribution in [0.1, 0.15) is 33.6 Å². The van der Waals surface area contributed by atoms with E-state index in [4.69, 9.17) is 0 Å². The first-order valence-electron chi connectivity index (χ1n) is 3.46. The molecule has 0 radical (unpaired) electrons. The zero-order valence-electron chi connectivity index (χ0n) is 6.11. The number of hydrogen-bond donors (Lipinski definition) is 0. The molecule has 0 amide bonds. The molecule has 50 valence electrons. The molecule has 0 aromatic rings. The standard InChI is InChI=1S/C7H16Te/c1-4-7(5-2)8-6-3/h7H,4-6H2,1-3H3. The molecule has 0 fully saturated rings. The Balaban J connectivity index is 3.07. The summed E-state index contributed by atoms with van der Waals surface area (Å²) in [7, 11) is 0. The normalized spacial score (nSPS) is 10.5. The second kappa shape index (κ2) is 5.92. The zero-order chi connectivity index (χ0) is 6.41. The Morgan fingerprint density at radius 3 is 1.75 bits per heavy atom. The van der Waals surface area contributed by atoms with Crippen LogP contribution in [0.2, 0.25) is 8.43 Å². The molecule has 1 heteroatoms. The summed E-state index contributed by atoms with van der Waals surface area (Å²) >= 11 is 0.405. The van der Waals surface area contributed by atoms with Crippen molar-refractivity contribution in [3.63, 3.8) is 0 Å². The van der Waals surface area contributed by atoms with Gasteiger partial charge in [-0.2, -0.15) is 0 Å². The summed E-state index contributed by atoms with van der Waals surface area (Å²) < 4.78 is 2.61. The minimum atomic E-state index is 0.405. The van der Waals surface area contributed by atoms with Gasteiger partial charge in [0.05, 0.1) is 0 Å². The van der Waals surface area contributed by atoms with Crippen molar-refractivity contribution in [1.82, 2.24) is 0 Å². The first-order chi connectivity index (χ1) is 3.85. The van der Waals surface area contributed by atoms with Gasteiger partial charge in [0.15, 0.2) is 0 Å². The third kappa shape index (κ3) is 3.75. The van der Waals surface area contributed by atoms with Gasteiger partial charge in [0.1, 0.15) is 0 Å². The molecule has 0 unspecified atom stereocenters. The molecule has 0 aromatic heterocycles. The summed E-state index contributed by atoms with van der Waals surface area (Å²) in [4.78, 5) is 0. The molecule has 0 N–H and O–H groups in total. The van der Waals surface area contributed by atoms with Gasteiger partial charge < -0.3 is 0 Å². The summed E-state index contributed by atoms with van der Waals surface area (Å²) in [5.41, 5.74) is 0. The van der Waals surface area contributed by atoms with Crippen LogP contribution in [0, 0.1) is 0 Å². The number of rotatable bonds is 4. The monoisotopic (exact) mass is 230 g/mol. The fourth-order valence-electron chi connectivity index (χ4n) is 0.760. The van der Waals surface area contributed by atoms with Gasteiger partial charge in [0, 0.05) is 0 Å². The molecular formula is C7H16Te. The molecule has 0 aromatic carbocycles. The summed E-state index contributed by atoms with van der Waals surface area (Å²) in [6, 6.07) is 0. The fourth-order valence-corrected chi connectivity index (χ4v) is 3.45. The molecule has 0 bridgehead atoms. The van der Waals surface area contributed by atoms with Crippen LogP contribution in [-0.2, 0) is 0 Å². The van der Waals surface area contributed by atoms with Gasteiger partial charge in [-0.1, -0.05) is 0 Å². The predicted molar refractivity (Wildman–Crippen MR) is 40.6 cm³/mol. The zero-order valence-corrected chi connectivity index (χ0v) is 8.44. The Labute approximate surface area is 63.1 Å². The minimum absolute atomic E-state index is 0.405. The van der Waals surface area contributed by atoms with E-state index in [1.165, 1.54) is 17.3 Å². The second-order valence-electron chi connectivity index (χ2n) is 1.89. The van der Waals surface area contributed by atoms with Gasteiger partial charge in [-0.15, -0.1) is 0 Å². The molecule has 0 atom stereocenters. The van der Waals surface area contributed by atoms with Crippen LogP contribution in [-0.4, -0.2) is 20.9 Å². The van der Waals surface area contributed by atoms with Crippen molar-refractivity contribution in [1.29, 1.82) is 0 Å². The summed E-state index contributed by atoms with van der Waals surface area (Å²) in [5.74, 6) is 0. The maximum absolute atomic E-state index is 2.32. The third-order valence-corrected chi connectivity index (χ3v) is 5.51. The molecule has 0 aliphatic rings. The van der Waals surface area contributed by atoms with Crippen LogP contribution in [0.3, 0.4) is 0 Å². The SMILES string of the molecule is CC[Te]C(CC)CC. The Morgan fingerprint density at radius 2 is 1.62 bits per heavy atom. The molecule has 0 saturated carbocycles. The molecule has 0 nitrogen and oxygen atoms in total. The van der Waals surface area contributed by atoms with Crippen molar-refractivity contribution >= 4 is 20.9 Å². The Morgan fingerprint density at radius 1 is 1.12 bits per heavy atom. The van der Waals surface area contributed by atoms with E-state index in [0.717, 1.165) is 3.97 Å². The van der Waals surface area contributed by atoms with Crippen LogP contribution in [0.4, 0.5) is 0 Å². The van der Waals surface area contributed by atoms with E-state index < -0.39 is 0 Å². The summed E-state index contributed by atoms with van der Waals surface area (Å²) in [5, 5.41) is 0. The molecule has 0 spiro atoms. The van der Waals surface area contributed by atoms with Gasteiger partial charge in [-0.3, -0.25) is 0 Å². The molecule has 0 saturated heterocycles. The van der Waals surface area contributed by atoms with Crippen LogP contribution in [0.25, 0.3) is 0 Å². The van der Waals surface area contributed by atoms with Crippen molar-refractivity contribution < 1.29 is 0 Å². The maximum atomic E-state index is 2.32. The van der Waals surface area contributed by atoms with Gasteiger partial charge in [0.2, 0.25) is 0 Å². The van der Waals surface area contributed by atoms with E-state index in [2.05, 4.69) is 20.8 Å². The Kier molecular flexibility index (Phi) is 6.50. The summed E-state index contributed by atoms with van der Waals surface area (Å²) in [6.07, 6.45) is 2.85.